The first-order valence-corrected chi connectivity index (χ1v) is 14.3. The van der Waals surface area contributed by atoms with Gasteiger partial charge in [-0.05, 0) is 74.6 Å². The maximum Gasteiger partial charge on any atom is 0.410 e. The summed E-state index contributed by atoms with van der Waals surface area (Å²) in [6, 6.07) is 15.8. The Bertz CT molecular complexity index is 1560. The first kappa shape index (κ1) is 28.9. The molecule has 0 atom stereocenters. The molecule has 3 aromatic carbocycles. The lowest BCUT2D eigenvalue weighted by Crippen LogP contribution is -2.50. The smallest absolute Gasteiger partial charge is 0.410 e. The summed E-state index contributed by atoms with van der Waals surface area (Å²) in [6.45, 7) is 12.4. The number of nitrogens with two attached hydrogens (primary N) is 1. The second kappa shape index (κ2) is 11.3. The van der Waals surface area contributed by atoms with Crippen molar-refractivity contribution < 1.29 is 13.9 Å². The van der Waals surface area contributed by atoms with Crippen LogP contribution in [0.5, 0.6) is 0 Å². The van der Waals surface area contributed by atoms with Crippen molar-refractivity contribution in [2.24, 2.45) is 5.73 Å². The highest BCUT2D eigenvalue weighted by Crippen LogP contribution is 2.36. The summed E-state index contributed by atoms with van der Waals surface area (Å²) < 4.78 is 22.2. The molecule has 0 saturated carbocycles. The van der Waals surface area contributed by atoms with E-state index in [2.05, 4.69) is 9.47 Å². The minimum atomic E-state index is -0.550. The first-order valence-electron chi connectivity index (χ1n) is 13.9. The molecular formula is C32H37ClFN5O2. The molecule has 1 amide bonds. The van der Waals surface area contributed by atoms with Crippen LogP contribution in [0.4, 0.5) is 15.1 Å². The molecule has 1 aliphatic heterocycles. The lowest BCUT2D eigenvalue weighted by Gasteiger charge is -2.36. The highest BCUT2D eigenvalue weighted by atomic mass is 35.5. The molecule has 0 bridgehead atoms. The lowest BCUT2D eigenvalue weighted by molar-refractivity contribution is 0.0240. The number of carbonyl (C=O) groups is 1. The van der Waals surface area contributed by atoms with Crippen molar-refractivity contribution >= 4 is 34.7 Å². The van der Waals surface area contributed by atoms with Crippen molar-refractivity contribution in [2.75, 3.05) is 31.1 Å². The zero-order chi connectivity index (χ0) is 29.5. The Morgan fingerprint density at radius 3 is 2.22 bits per heavy atom. The third kappa shape index (κ3) is 6.19. The molecule has 1 saturated heterocycles. The summed E-state index contributed by atoms with van der Waals surface area (Å²) in [6.07, 6.45) is -0.307. The fourth-order valence-corrected chi connectivity index (χ4v) is 5.55. The highest BCUT2D eigenvalue weighted by Gasteiger charge is 2.29. The van der Waals surface area contributed by atoms with E-state index in [9.17, 15) is 9.18 Å². The standard InChI is InChI=1S/C32H37ClFN5O2/c1-20-14-23(15-21(2)28(20)34)19-39-27-17-25(33)16-26(24-8-6-22(18-35)7-9-24)29(27)36-30(39)37-10-12-38(13-11-37)31(40)41-32(3,4)5/h6-9,14-17H,10-13,18-19,35H2,1-5H3. The number of carbonyl (C=O) groups excluding carboxylic acids is 1. The van der Waals surface area contributed by atoms with Gasteiger partial charge in [0, 0.05) is 43.3 Å². The van der Waals surface area contributed by atoms with Crippen molar-refractivity contribution in [3.8, 4) is 11.1 Å². The Balaban J connectivity index is 1.57. The number of imidazole rings is 1. The summed E-state index contributed by atoms with van der Waals surface area (Å²) in [4.78, 5) is 21.8. The lowest BCUT2D eigenvalue weighted by atomic mass is 10.0. The fourth-order valence-electron chi connectivity index (χ4n) is 5.34. The Labute approximate surface area is 245 Å². The summed E-state index contributed by atoms with van der Waals surface area (Å²) >= 11 is 6.70. The number of nitrogens with zero attached hydrogens (tertiary/aromatic N) is 4. The van der Waals surface area contributed by atoms with Gasteiger partial charge in [0.15, 0.2) is 0 Å². The molecular weight excluding hydrogens is 541 g/mol. The predicted molar refractivity (Wildman–Crippen MR) is 163 cm³/mol. The van der Waals surface area contributed by atoms with E-state index in [1.54, 1.807) is 18.7 Å². The van der Waals surface area contributed by atoms with E-state index in [1.807, 2.05) is 69.3 Å². The number of anilines is 1. The number of hydrogen-bond acceptors (Lipinski definition) is 5. The molecule has 0 unspecified atom stereocenters. The van der Waals surface area contributed by atoms with Crippen LogP contribution in [0.3, 0.4) is 0 Å². The molecule has 9 heteroatoms. The highest BCUT2D eigenvalue weighted by molar-refractivity contribution is 6.31. The Hall–Kier alpha value is -3.62. The maximum absolute atomic E-state index is 14.5. The Morgan fingerprint density at radius 1 is 1.00 bits per heavy atom. The van der Waals surface area contributed by atoms with E-state index in [0.29, 0.717) is 55.4 Å². The summed E-state index contributed by atoms with van der Waals surface area (Å²) in [5.74, 6) is 0.597. The molecule has 4 aromatic rings. The fraction of sp³-hybridized carbons (Fsp3) is 0.375. The van der Waals surface area contributed by atoms with Gasteiger partial charge in [-0.1, -0.05) is 48.0 Å². The van der Waals surface area contributed by atoms with Crippen LogP contribution in [-0.2, 0) is 17.8 Å². The molecule has 41 heavy (non-hydrogen) atoms. The number of rotatable bonds is 5. The molecule has 0 radical (unpaired) electrons. The minimum absolute atomic E-state index is 0.186. The third-order valence-electron chi connectivity index (χ3n) is 7.35. The van der Waals surface area contributed by atoms with Gasteiger partial charge in [-0.15, -0.1) is 0 Å². The van der Waals surface area contributed by atoms with Crippen LogP contribution in [0.2, 0.25) is 5.02 Å². The number of aryl methyl sites for hydroxylation is 2. The molecule has 7 nitrogen and oxygen atoms in total. The van der Waals surface area contributed by atoms with Gasteiger partial charge in [-0.3, -0.25) is 0 Å². The van der Waals surface area contributed by atoms with Crippen LogP contribution in [0.15, 0.2) is 48.5 Å². The number of hydrogen-bond donors (Lipinski definition) is 1. The van der Waals surface area contributed by atoms with E-state index >= 15 is 0 Å². The monoisotopic (exact) mass is 577 g/mol. The molecule has 0 spiro atoms. The summed E-state index contributed by atoms with van der Waals surface area (Å²) in [5.41, 5.74) is 12.1. The number of benzene rings is 3. The normalized spacial score (nSPS) is 14.1. The second-order valence-electron chi connectivity index (χ2n) is 11.7. The van der Waals surface area contributed by atoms with E-state index < -0.39 is 5.60 Å². The number of halogens is 2. The second-order valence-corrected chi connectivity index (χ2v) is 12.2. The van der Waals surface area contributed by atoms with Gasteiger partial charge in [-0.25, -0.2) is 14.2 Å². The van der Waals surface area contributed by atoms with Gasteiger partial charge >= 0.3 is 6.09 Å². The Kier molecular flexibility index (Phi) is 7.99. The van der Waals surface area contributed by atoms with Crippen molar-refractivity contribution in [1.82, 2.24) is 14.5 Å². The van der Waals surface area contributed by atoms with Crippen LogP contribution >= 0.6 is 11.6 Å². The van der Waals surface area contributed by atoms with Crippen molar-refractivity contribution in [2.45, 2.75) is 53.3 Å². The van der Waals surface area contributed by atoms with E-state index in [4.69, 9.17) is 27.1 Å². The van der Waals surface area contributed by atoms with Gasteiger partial charge in [0.25, 0.3) is 0 Å². The van der Waals surface area contributed by atoms with Crippen LogP contribution in [0.1, 0.15) is 43.0 Å². The predicted octanol–water partition coefficient (Wildman–Crippen LogP) is 6.68. The van der Waals surface area contributed by atoms with Crippen molar-refractivity contribution in [3.63, 3.8) is 0 Å². The van der Waals surface area contributed by atoms with Crippen LogP contribution < -0.4 is 10.6 Å². The van der Waals surface area contributed by atoms with Crippen molar-refractivity contribution in [1.29, 1.82) is 0 Å². The van der Waals surface area contributed by atoms with Gasteiger partial charge < -0.3 is 24.8 Å². The van der Waals surface area contributed by atoms with Crippen molar-refractivity contribution in [3.05, 3.63) is 81.6 Å². The number of aromatic nitrogens is 2. The number of amides is 1. The van der Waals surface area contributed by atoms with Crippen LogP contribution in [0, 0.1) is 19.7 Å². The maximum atomic E-state index is 14.5. The molecule has 2 heterocycles. The van der Waals surface area contributed by atoms with Gasteiger partial charge in [0.1, 0.15) is 11.4 Å². The molecule has 0 aliphatic carbocycles. The van der Waals surface area contributed by atoms with Gasteiger partial charge in [0.2, 0.25) is 5.95 Å². The number of piperazine rings is 1. The van der Waals surface area contributed by atoms with E-state index in [-0.39, 0.29) is 11.9 Å². The summed E-state index contributed by atoms with van der Waals surface area (Å²) in [7, 11) is 0. The number of ether oxygens (including phenoxy) is 1. The molecule has 5 rings (SSSR count). The Morgan fingerprint density at radius 2 is 1.63 bits per heavy atom. The minimum Gasteiger partial charge on any atom is -0.444 e. The van der Waals surface area contributed by atoms with E-state index in [1.165, 1.54) is 0 Å². The third-order valence-corrected chi connectivity index (χ3v) is 7.57. The van der Waals surface area contributed by atoms with Gasteiger partial charge in [-0.2, -0.15) is 0 Å². The first-order chi connectivity index (χ1) is 19.4. The van der Waals surface area contributed by atoms with Crippen LogP contribution in [-0.4, -0.2) is 52.3 Å². The van der Waals surface area contributed by atoms with Crippen LogP contribution in [0.25, 0.3) is 22.2 Å². The van der Waals surface area contributed by atoms with E-state index in [0.717, 1.165) is 39.2 Å². The largest absolute Gasteiger partial charge is 0.444 e. The quantitative estimate of drug-likeness (QED) is 0.286. The summed E-state index contributed by atoms with van der Waals surface area (Å²) in [5, 5.41) is 0.601. The molecule has 1 fully saturated rings. The number of fused-ring (bicyclic) bond motifs is 1. The average Bonchev–Trinajstić information content (AvgIpc) is 3.28. The topological polar surface area (TPSA) is 76.6 Å². The zero-order valence-electron chi connectivity index (χ0n) is 24.3. The SMILES string of the molecule is Cc1cc(Cn2c(N3CCN(C(=O)OC(C)(C)C)CC3)nc3c(-c4ccc(CN)cc4)cc(Cl)cc32)cc(C)c1F. The molecule has 1 aliphatic rings. The molecule has 216 valence electrons. The molecule has 2 N–H and O–H groups in total. The van der Waals surface area contributed by atoms with Gasteiger partial charge in [0.05, 0.1) is 17.6 Å². The molecule has 1 aromatic heterocycles. The zero-order valence-corrected chi connectivity index (χ0v) is 25.1. The average molecular weight is 578 g/mol.